The lowest BCUT2D eigenvalue weighted by Crippen LogP contribution is -2.59. The molecule has 7 rings (SSSR count). The SMILES string of the molecule is COc1cc2c(N[C@H](C)c3cccc(Br)c3)nc(C)nc2cc1OCCCCCCC(=O)N[C@H]1C[C@@H](C(=O)N[C@@H]2CCCc3ccccc32)N(C(=O)[C@@H](NC(=O)[C@H](C)N(C)C(=O)OC(C)(C)C)C2CCCCC2)C1. The standard InChI is InChI=1S/C57H77BrN8O8/c1-35(40-24-18-25-41(58)30-40)59-52-44-32-48(72-8)49(33-46(44)60-37(3)61-52)73-29-17-10-9-14-28-50(67)62-42-31-47(54(69)63-45-27-19-23-38-20-15-16-26-43(38)45)66(34-42)55(70)51(39-21-12-11-13-22-39)64-53(68)36(2)65(7)56(71)74-57(4,5)6/h15-16,18,20,24-26,30,32-33,35-36,39,42,45,47,51H,9-14,17,19,21-23,27-29,31,34H2,1-8H3,(H,62,67)(H,63,69)(H,64,68)(H,59,60,61)/t35-,36+,42+,45-,47+,51+/m1/s1. The summed E-state index contributed by atoms with van der Waals surface area (Å²) in [7, 11) is 3.12. The lowest BCUT2D eigenvalue weighted by Gasteiger charge is -2.36. The Kier molecular flexibility index (Phi) is 19.2. The smallest absolute Gasteiger partial charge is 0.410 e. The maximum absolute atomic E-state index is 15.0. The van der Waals surface area contributed by atoms with E-state index in [1.165, 1.54) is 17.5 Å². The van der Waals surface area contributed by atoms with E-state index >= 15 is 4.79 Å². The van der Waals surface area contributed by atoms with Crippen LogP contribution >= 0.6 is 15.9 Å². The van der Waals surface area contributed by atoms with Crippen LogP contribution in [0.15, 0.2) is 65.1 Å². The van der Waals surface area contributed by atoms with Crippen molar-refractivity contribution in [2.75, 3.05) is 32.6 Å². The molecular formula is C57H77BrN8O8. The second kappa shape index (κ2) is 25.5. The number of nitrogens with one attached hydrogen (secondary N) is 4. The Morgan fingerprint density at radius 3 is 2.38 bits per heavy atom. The third kappa shape index (κ3) is 14.7. The molecule has 1 aromatic heterocycles. The van der Waals surface area contributed by atoms with Crippen molar-refractivity contribution in [3.05, 3.63) is 87.7 Å². The van der Waals surface area contributed by atoms with E-state index in [2.05, 4.69) is 68.4 Å². The number of carbonyl (C=O) groups is 5. The molecule has 17 heteroatoms. The molecule has 6 atom stereocenters. The normalized spacial score (nSPS) is 19.1. The number of halogens is 1. The van der Waals surface area contributed by atoms with Gasteiger partial charge in [-0.3, -0.25) is 24.1 Å². The minimum absolute atomic E-state index is 0.0121. The van der Waals surface area contributed by atoms with Crippen molar-refractivity contribution in [3.63, 3.8) is 0 Å². The predicted molar refractivity (Wildman–Crippen MR) is 290 cm³/mol. The van der Waals surface area contributed by atoms with Gasteiger partial charge in [-0.2, -0.15) is 0 Å². The molecule has 0 spiro atoms. The lowest BCUT2D eigenvalue weighted by atomic mass is 9.83. The number of unbranched alkanes of at least 4 members (excludes halogenated alkanes) is 3. The number of methoxy groups -OCH3 is 1. The number of hydrogen-bond acceptors (Lipinski definition) is 11. The van der Waals surface area contributed by atoms with Crippen molar-refractivity contribution in [2.45, 2.75) is 173 Å². The molecule has 1 saturated heterocycles. The van der Waals surface area contributed by atoms with Crippen LogP contribution in [0.3, 0.4) is 0 Å². The molecule has 74 heavy (non-hydrogen) atoms. The van der Waals surface area contributed by atoms with Gasteiger partial charge in [-0.25, -0.2) is 14.8 Å². The van der Waals surface area contributed by atoms with Gasteiger partial charge in [0.25, 0.3) is 0 Å². The first kappa shape index (κ1) is 55.8. The minimum Gasteiger partial charge on any atom is -0.493 e. The van der Waals surface area contributed by atoms with E-state index in [9.17, 15) is 19.2 Å². The third-order valence-corrected chi connectivity index (χ3v) is 15.1. The summed E-state index contributed by atoms with van der Waals surface area (Å²) < 4.78 is 18.5. The Hall–Kier alpha value is -5.97. The molecule has 2 aliphatic carbocycles. The van der Waals surface area contributed by atoms with Gasteiger partial charge in [-0.1, -0.05) is 84.4 Å². The number of likely N-dealkylation sites (N-methyl/N-ethyl adjacent to an activating group) is 1. The van der Waals surface area contributed by atoms with Crippen molar-refractivity contribution in [1.82, 2.24) is 35.7 Å². The summed E-state index contributed by atoms with van der Waals surface area (Å²) in [6.45, 7) is 11.4. The van der Waals surface area contributed by atoms with Gasteiger partial charge < -0.3 is 40.4 Å². The van der Waals surface area contributed by atoms with Gasteiger partial charge in [0.1, 0.15) is 35.4 Å². The van der Waals surface area contributed by atoms with Crippen molar-refractivity contribution >= 4 is 62.4 Å². The number of ether oxygens (including phenoxy) is 3. The van der Waals surface area contributed by atoms with Crippen LogP contribution in [-0.2, 0) is 30.3 Å². The van der Waals surface area contributed by atoms with E-state index in [-0.39, 0.29) is 48.7 Å². The molecule has 2 fully saturated rings. The molecule has 3 aromatic carbocycles. The van der Waals surface area contributed by atoms with Gasteiger partial charge in [-0.15, -0.1) is 0 Å². The Morgan fingerprint density at radius 1 is 0.878 bits per heavy atom. The van der Waals surface area contributed by atoms with Crippen LogP contribution < -0.4 is 30.7 Å². The van der Waals surface area contributed by atoms with Gasteiger partial charge in [0, 0.05) is 42.0 Å². The molecule has 0 radical (unpaired) electrons. The monoisotopic (exact) mass is 1080 g/mol. The topological polar surface area (TPSA) is 193 Å². The number of anilines is 1. The summed E-state index contributed by atoms with van der Waals surface area (Å²) in [5, 5.41) is 13.8. The van der Waals surface area contributed by atoms with Gasteiger partial charge in [0.05, 0.1) is 31.3 Å². The Morgan fingerprint density at radius 2 is 1.64 bits per heavy atom. The molecule has 5 amide bonds. The first-order chi connectivity index (χ1) is 35.4. The van der Waals surface area contributed by atoms with E-state index < -0.39 is 41.8 Å². The summed E-state index contributed by atoms with van der Waals surface area (Å²) in [4.78, 5) is 82.2. The first-order valence-electron chi connectivity index (χ1n) is 26.6. The number of benzene rings is 3. The van der Waals surface area contributed by atoms with E-state index in [4.69, 9.17) is 24.2 Å². The van der Waals surface area contributed by atoms with Gasteiger partial charge in [0.15, 0.2) is 11.5 Å². The first-order valence-corrected chi connectivity index (χ1v) is 27.4. The maximum Gasteiger partial charge on any atom is 0.410 e. The Labute approximate surface area is 445 Å². The molecule has 4 aromatic rings. The fourth-order valence-electron chi connectivity index (χ4n) is 10.5. The average Bonchev–Trinajstić information content (AvgIpc) is 3.80. The van der Waals surface area contributed by atoms with Gasteiger partial charge in [-0.05, 0) is 134 Å². The third-order valence-electron chi connectivity index (χ3n) is 14.6. The number of amides is 5. The van der Waals surface area contributed by atoms with Crippen LogP contribution in [0.4, 0.5) is 10.6 Å². The van der Waals surface area contributed by atoms with E-state index in [0.29, 0.717) is 42.6 Å². The van der Waals surface area contributed by atoms with Crippen LogP contribution in [0, 0.1) is 12.8 Å². The molecular weight excluding hydrogens is 1000 g/mol. The van der Waals surface area contributed by atoms with Crippen molar-refractivity contribution < 1.29 is 38.2 Å². The van der Waals surface area contributed by atoms with Crippen LogP contribution in [0.5, 0.6) is 11.5 Å². The van der Waals surface area contributed by atoms with Crippen LogP contribution in [-0.4, -0.2) is 107 Å². The highest BCUT2D eigenvalue weighted by Crippen LogP contribution is 2.37. The van der Waals surface area contributed by atoms with Gasteiger partial charge in [0.2, 0.25) is 23.6 Å². The second-order valence-electron chi connectivity index (χ2n) is 21.4. The van der Waals surface area contributed by atoms with Crippen LogP contribution in [0.25, 0.3) is 10.9 Å². The maximum atomic E-state index is 15.0. The second-order valence-corrected chi connectivity index (χ2v) is 22.3. The van der Waals surface area contributed by atoms with Crippen LogP contribution in [0.1, 0.15) is 153 Å². The Balaban J connectivity index is 0.958. The molecule has 0 unspecified atom stereocenters. The molecule has 2 heterocycles. The summed E-state index contributed by atoms with van der Waals surface area (Å²) in [5.74, 6) is 1.10. The van der Waals surface area contributed by atoms with E-state index in [0.717, 1.165) is 97.1 Å². The predicted octanol–water partition coefficient (Wildman–Crippen LogP) is 9.81. The highest BCUT2D eigenvalue weighted by molar-refractivity contribution is 9.10. The van der Waals surface area contributed by atoms with Crippen molar-refractivity contribution in [3.8, 4) is 11.5 Å². The zero-order valence-corrected chi connectivity index (χ0v) is 46.1. The largest absolute Gasteiger partial charge is 0.493 e. The highest BCUT2D eigenvalue weighted by atomic mass is 79.9. The molecule has 1 aliphatic heterocycles. The number of aryl methyl sites for hydroxylation is 2. The molecule has 3 aliphatic rings. The minimum atomic E-state index is -0.935. The zero-order valence-electron chi connectivity index (χ0n) is 44.6. The van der Waals surface area contributed by atoms with Gasteiger partial charge >= 0.3 is 6.09 Å². The van der Waals surface area contributed by atoms with Crippen molar-refractivity contribution in [1.29, 1.82) is 0 Å². The molecule has 4 N–H and O–H groups in total. The fourth-order valence-corrected chi connectivity index (χ4v) is 10.9. The molecule has 0 bridgehead atoms. The van der Waals surface area contributed by atoms with Crippen LogP contribution in [0.2, 0.25) is 0 Å². The fraction of sp³-hybridized carbons (Fsp3) is 0.561. The zero-order chi connectivity index (χ0) is 53.1. The van der Waals surface area contributed by atoms with E-state index in [1.54, 1.807) is 39.7 Å². The highest BCUT2D eigenvalue weighted by Gasteiger charge is 2.45. The molecule has 1 saturated carbocycles. The van der Waals surface area contributed by atoms with Crippen molar-refractivity contribution in [2.24, 2.45) is 5.92 Å². The number of hydrogen-bond donors (Lipinski definition) is 4. The Bertz CT molecular complexity index is 2620. The summed E-state index contributed by atoms with van der Waals surface area (Å²) >= 11 is 3.57. The number of nitrogens with zero attached hydrogens (tertiary/aromatic N) is 4. The summed E-state index contributed by atoms with van der Waals surface area (Å²) in [5.41, 5.74) is 3.38. The number of fused-ring (bicyclic) bond motifs is 2. The average molecular weight is 1080 g/mol. The quantitative estimate of drug-likeness (QED) is 0.0616. The number of aromatic nitrogens is 2. The van der Waals surface area contributed by atoms with E-state index in [1.807, 2.05) is 43.3 Å². The number of carbonyl (C=O) groups excluding carboxylic acids is 5. The number of rotatable bonds is 20. The number of likely N-dealkylation sites (tertiary alicyclic amines) is 1. The molecule has 400 valence electrons. The summed E-state index contributed by atoms with van der Waals surface area (Å²) in [6.07, 6.45) is 9.92. The molecule has 16 nitrogen and oxygen atoms in total. The lowest BCUT2D eigenvalue weighted by molar-refractivity contribution is -0.143. The summed E-state index contributed by atoms with van der Waals surface area (Å²) in [6, 6.07) is 16.7.